The van der Waals surface area contributed by atoms with Gasteiger partial charge in [-0.2, -0.15) is 0 Å². The van der Waals surface area contributed by atoms with Gasteiger partial charge in [0, 0.05) is 16.6 Å². The Bertz CT molecular complexity index is 534. The minimum atomic E-state index is 0.458. The van der Waals surface area contributed by atoms with Gasteiger partial charge in [0.2, 0.25) is 0 Å². The average Bonchev–Trinajstić information content (AvgIpc) is 2.74. The molecule has 0 radical (unpaired) electrons. The lowest BCUT2D eigenvalue weighted by Gasteiger charge is -2.07. The van der Waals surface area contributed by atoms with Crippen LogP contribution in [0.3, 0.4) is 0 Å². The number of ether oxygens (including phenoxy) is 1. The van der Waals surface area contributed by atoms with E-state index in [1.807, 2.05) is 30.5 Å². The Morgan fingerprint density at radius 3 is 2.94 bits per heavy atom. The van der Waals surface area contributed by atoms with Gasteiger partial charge in [0.05, 0.1) is 5.69 Å². The Morgan fingerprint density at radius 2 is 2.35 bits per heavy atom. The average molecular weight is 246 g/mol. The monoisotopic (exact) mass is 246 g/mol. The number of nitrogen functional groups attached to an aromatic ring is 1. The topological polar surface area (TPSA) is 48.1 Å². The second kappa shape index (κ2) is 5.01. The molecule has 0 spiro atoms. The molecule has 0 atom stereocenters. The second-order valence-electron chi connectivity index (χ2n) is 3.65. The van der Waals surface area contributed by atoms with Crippen LogP contribution >= 0.6 is 11.3 Å². The number of anilines is 1. The van der Waals surface area contributed by atoms with Gasteiger partial charge in [0.25, 0.3) is 0 Å². The fourth-order valence-corrected chi connectivity index (χ4v) is 2.24. The lowest BCUT2D eigenvalue weighted by atomic mass is 10.2. The minimum Gasteiger partial charge on any atom is -0.487 e. The summed E-state index contributed by atoms with van der Waals surface area (Å²) < 4.78 is 5.42. The molecule has 0 saturated heterocycles. The molecule has 0 fully saturated rings. The van der Waals surface area contributed by atoms with Crippen LogP contribution in [0.2, 0.25) is 0 Å². The van der Waals surface area contributed by atoms with Crippen LogP contribution in [0.15, 0.2) is 36.2 Å². The van der Waals surface area contributed by atoms with Gasteiger partial charge < -0.3 is 10.5 Å². The highest BCUT2D eigenvalue weighted by molar-refractivity contribution is 7.13. The SMILES string of the molecule is C=CCOc1ccc(-c2nc(C)cs2)cc1N. The first-order valence-corrected chi connectivity index (χ1v) is 6.14. The number of benzene rings is 1. The lowest BCUT2D eigenvalue weighted by molar-refractivity contribution is 0.365. The van der Waals surface area contributed by atoms with Crippen LogP contribution in [0.5, 0.6) is 5.75 Å². The fourth-order valence-electron chi connectivity index (χ4n) is 1.45. The number of rotatable bonds is 4. The fraction of sp³-hybridized carbons (Fsp3) is 0.154. The van der Waals surface area contributed by atoms with Gasteiger partial charge >= 0.3 is 0 Å². The number of hydrogen-bond donors (Lipinski definition) is 1. The third kappa shape index (κ3) is 2.65. The van der Waals surface area contributed by atoms with Crippen molar-refractivity contribution in [2.24, 2.45) is 0 Å². The molecule has 1 heterocycles. The van der Waals surface area contributed by atoms with Crippen molar-refractivity contribution in [1.82, 2.24) is 4.98 Å². The summed E-state index contributed by atoms with van der Waals surface area (Å²) in [5, 5.41) is 3.00. The van der Waals surface area contributed by atoms with E-state index in [2.05, 4.69) is 11.6 Å². The van der Waals surface area contributed by atoms with E-state index in [0.717, 1.165) is 16.3 Å². The molecule has 0 bridgehead atoms. The van der Waals surface area contributed by atoms with Crippen molar-refractivity contribution in [1.29, 1.82) is 0 Å². The molecular formula is C13H14N2OS. The summed E-state index contributed by atoms with van der Waals surface area (Å²) in [5.74, 6) is 0.682. The maximum absolute atomic E-state index is 5.92. The molecule has 0 saturated carbocycles. The highest BCUT2D eigenvalue weighted by atomic mass is 32.1. The van der Waals surface area contributed by atoms with E-state index in [-0.39, 0.29) is 0 Å². The van der Waals surface area contributed by atoms with Crippen LogP contribution < -0.4 is 10.5 Å². The van der Waals surface area contributed by atoms with Crippen molar-refractivity contribution in [2.75, 3.05) is 12.3 Å². The molecule has 0 aliphatic carbocycles. The van der Waals surface area contributed by atoms with E-state index in [1.54, 1.807) is 17.4 Å². The molecule has 0 aliphatic rings. The molecule has 1 aromatic heterocycles. The van der Waals surface area contributed by atoms with E-state index in [4.69, 9.17) is 10.5 Å². The molecule has 0 aliphatic heterocycles. The molecular weight excluding hydrogens is 232 g/mol. The molecule has 1 aromatic carbocycles. The van der Waals surface area contributed by atoms with Crippen molar-refractivity contribution in [3.63, 3.8) is 0 Å². The summed E-state index contributed by atoms with van der Waals surface area (Å²) in [7, 11) is 0. The van der Waals surface area contributed by atoms with Crippen LogP contribution in [0.1, 0.15) is 5.69 Å². The predicted molar refractivity (Wildman–Crippen MR) is 72.4 cm³/mol. The van der Waals surface area contributed by atoms with E-state index >= 15 is 0 Å². The van der Waals surface area contributed by atoms with E-state index in [1.165, 1.54) is 0 Å². The number of aryl methyl sites for hydroxylation is 1. The first-order chi connectivity index (χ1) is 8.20. The summed E-state index contributed by atoms with van der Waals surface area (Å²) in [5.41, 5.74) is 8.59. The largest absolute Gasteiger partial charge is 0.487 e. The van der Waals surface area contributed by atoms with E-state index in [0.29, 0.717) is 18.0 Å². The molecule has 0 amide bonds. The number of thiazole rings is 1. The Hall–Kier alpha value is -1.81. The Kier molecular flexibility index (Phi) is 3.44. The minimum absolute atomic E-state index is 0.458. The summed E-state index contributed by atoms with van der Waals surface area (Å²) in [6.45, 7) is 6.03. The van der Waals surface area contributed by atoms with Gasteiger partial charge in [-0.1, -0.05) is 12.7 Å². The lowest BCUT2D eigenvalue weighted by Crippen LogP contribution is -1.97. The Balaban J connectivity index is 2.27. The maximum Gasteiger partial charge on any atom is 0.142 e. The standard InChI is InChI=1S/C13H14N2OS/c1-3-6-16-12-5-4-10(7-11(12)14)13-15-9(2)8-17-13/h3-5,7-8H,1,6,14H2,2H3. The normalized spacial score (nSPS) is 10.2. The molecule has 3 nitrogen and oxygen atoms in total. The Morgan fingerprint density at radius 1 is 1.53 bits per heavy atom. The van der Waals surface area contributed by atoms with E-state index < -0.39 is 0 Å². The molecule has 4 heteroatoms. The number of aromatic nitrogens is 1. The number of hydrogen-bond acceptors (Lipinski definition) is 4. The van der Waals surface area contributed by atoms with Crippen molar-refractivity contribution in [2.45, 2.75) is 6.92 Å². The van der Waals surface area contributed by atoms with Gasteiger partial charge in [0.1, 0.15) is 17.4 Å². The Labute approximate surface area is 105 Å². The van der Waals surface area contributed by atoms with Gasteiger partial charge in [0.15, 0.2) is 0 Å². The highest BCUT2D eigenvalue weighted by Gasteiger charge is 2.06. The number of nitrogens with two attached hydrogens (primary N) is 1. The zero-order valence-corrected chi connectivity index (χ0v) is 10.5. The van der Waals surface area contributed by atoms with Gasteiger partial charge in [-0.25, -0.2) is 4.98 Å². The molecule has 2 rings (SSSR count). The third-order valence-corrected chi connectivity index (χ3v) is 3.24. The van der Waals surface area contributed by atoms with Crippen molar-refractivity contribution in [3.05, 3.63) is 41.9 Å². The smallest absolute Gasteiger partial charge is 0.142 e. The van der Waals surface area contributed by atoms with Gasteiger partial charge in [-0.05, 0) is 25.1 Å². The molecule has 2 aromatic rings. The highest BCUT2D eigenvalue weighted by Crippen LogP contribution is 2.30. The van der Waals surface area contributed by atoms with Gasteiger partial charge in [-0.3, -0.25) is 0 Å². The van der Waals surface area contributed by atoms with Crippen LogP contribution in [0, 0.1) is 6.92 Å². The zero-order chi connectivity index (χ0) is 12.3. The summed E-state index contributed by atoms with van der Waals surface area (Å²) in [4.78, 5) is 4.42. The van der Waals surface area contributed by atoms with Crippen LogP contribution in [0.4, 0.5) is 5.69 Å². The molecule has 88 valence electrons. The molecule has 17 heavy (non-hydrogen) atoms. The summed E-state index contributed by atoms with van der Waals surface area (Å²) >= 11 is 1.61. The predicted octanol–water partition coefficient (Wildman–Crippen LogP) is 3.27. The second-order valence-corrected chi connectivity index (χ2v) is 4.50. The van der Waals surface area contributed by atoms with Crippen LogP contribution in [-0.2, 0) is 0 Å². The summed E-state index contributed by atoms with van der Waals surface area (Å²) in [6, 6.07) is 5.72. The van der Waals surface area contributed by atoms with Crippen molar-refractivity contribution in [3.8, 4) is 16.3 Å². The van der Waals surface area contributed by atoms with Crippen molar-refractivity contribution < 1.29 is 4.74 Å². The number of nitrogens with zero attached hydrogens (tertiary/aromatic N) is 1. The third-order valence-electron chi connectivity index (χ3n) is 2.23. The van der Waals surface area contributed by atoms with Crippen LogP contribution in [-0.4, -0.2) is 11.6 Å². The van der Waals surface area contributed by atoms with E-state index in [9.17, 15) is 0 Å². The summed E-state index contributed by atoms with van der Waals surface area (Å²) in [6.07, 6.45) is 1.69. The van der Waals surface area contributed by atoms with Crippen molar-refractivity contribution >= 4 is 17.0 Å². The van der Waals surface area contributed by atoms with Crippen LogP contribution in [0.25, 0.3) is 10.6 Å². The quantitative estimate of drug-likeness (QED) is 0.665. The molecule has 2 N–H and O–H groups in total. The molecule has 0 unspecified atom stereocenters. The van der Waals surface area contributed by atoms with Gasteiger partial charge in [-0.15, -0.1) is 11.3 Å². The maximum atomic E-state index is 5.92. The first kappa shape index (κ1) is 11.7. The first-order valence-electron chi connectivity index (χ1n) is 5.26. The zero-order valence-electron chi connectivity index (χ0n) is 9.64.